The van der Waals surface area contributed by atoms with Crippen LogP contribution in [-0.4, -0.2) is 38.7 Å². The molecule has 1 fully saturated rings. The number of fused-ring (bicyclic) bond motifs is 1. The molecule has 2 aromatic rings. The van der Waals surface area contributed by atoms with E-state index in [1.54, 1.807) is 11.1 Å². The van der Waals surface area contributed by atoms with Crippen LogP contribution in [-0.2, 0) is 11.2 Å². The molecule has 1 unspecified atom stereocenters. The Hall–Kier alpha value is -1.88. The highest BCUT2D eigenvalue weighted by molar-refractivity contribution is 5.80. The Balaban J connectivity index is 1.73. The first-order chi connectivity index (χ1) is 9.25. The molecule has 2 aromatic heterocycles. The molecule has 3 heterocycles. The van der Waals surface area contributed by atoms with Gasteiger partial charge in [0, 0.05) is 30.7 Å². The number of carbonyl (C=O) groups is 1. The van der Waals surface area contributed by atoms with Gasteiger partial charge in [0.05, 0.1) is 0 Å². The number of pyridine rings is 1. The summed E-state index contributed by atoms with van der Waals surface area (Å²) in [7, 11) is 0. The molecule has 0 bridgehead atoms. The minimum absolute atomic E-state index is 0.0525. The molecule has 5 heteroatoms. The van der Waals surface area contributed by atoms with E-state index >= 15 is 0 Å². The van der Waals surface area contributed by atoms with Gasteiger partial charge in [-0.3, -0.25) is 4.79 Å². The van der Waals surface area contributed by atoms with Crippen LogP contribution in [0.25, 0.3) is 11.0 Å². The maximum absolute atomic E-state index is 11.8. The quantitative estimate of drug-likeness (QED) is 0.876. The lowest BCUT2D eigenvalue weighted by Gasteiger charge is -2.31. The zero-order valence-corrected chi connectivity index (χ0v) is 10.7. The summed E-state index contributed by atoms with van der Waals surface area (Å²) in [5.74, 6) is 0.0525. The second-order valence-electron chi connectivity index (χ2n) is 4.92. The third-order valence-electron chi connectivity index (χ3n) is 3.69. The van der Waals surface area contributed by atoms with E-state index in [4.69, 9.17) is 0 Å². The molecule has 5 nitrogen and oxygen atoms in total. The smallest absolute Gasteiger partial charge is 0.224 e. The lowest BCUT2D eigenvalue weighted by atomic mass is 10.1. The number of aromatic nitrogens is 2. The molecule has 0 aromatic carbocycles. The van der Waals surface area contributed by atoms with E-state index in [9.17, 15) is 9.90 Å². The van der Waals surface area contributed by atoms with E-state index < -0.39 is 6.23 Å². The number of piperidine rings is 1. The molecular weight excluding hydrogens is 242 g/mol. The summed E-state index contributed by atoms with van der Waals surface area (Å²) in [5.41, 5.74) is 2.00. The number of carbonyl (C=O) groups excluding carboxylic acids is 1. The Kier molecular flexibility index (Phi) is 3.21. The van der Waals surface area contributed by atoms with Crippen LogP contribution < -0.4 is 0 Å². The van der Waals surface area contributed by atoms with Crippen molar-refractivity contribution in [2.75, 3.05) is 6.54 Å². The van der Waals surface area contributed by atoms with Gasteiger partial charge in [-0.15, -0.1) is 0 Å². The molecule has 0 spiro atoms. The van der Waals surface area contributed by atoms with Crippen LogP contribution in [0.15, 0.2) is 24.5 Å². The minimum Gasteiger partial charge on any atom is -0.374 e. The maximum atomic E-state index is 11.8. The van der Waals surface area contributed by atoms with Crippen molar-refractivity contribution >= 4 is 16.9 Å². The van der Waals surface area contributed by atoms with Crippen LogP contribution in [0.5, 0.6) is 0 Å². The van der Waals surface area contributed by atoms with Gasteiger partial charge >= 0.3 is 0 Å². The Bertz CT molecular complexity index is 593. The number of hydrogen-bond acceptors (Lipinski definition) is 3. The molecule has 2 N–H and O–H groups in total. The van der Waals surface area contributed by atoms with Gasteiger partial charge in [-0.1, -0.05) is 0 Å². The summed E-state index contributed by atoms with van der Waals surface area (Å²) in [5, 5.41) is 11.0. The molecule has 1 aliphatic heterocycles. The third kappa shape index (κ3) is 2.33. The van der Waals surface area contributed by atoms with Gasteiger partial charge in [0.25, 0.3) is 0 Å². The summed E-state index contributed by atoms with van der Waals surface area (Å²) in [6.45, 7) is 0.557. The number of amides is 1. The number of aliphatic hydroxyl groups is 1. The fraction of sp³-hybridized carbons (Fsp3) is 0.429. The molecule has 0 aliphatic carbocycles. The molecule has 3 rings (SSSR count). The van der Waals surface area contributed by atoms with E-state index in [-0.39, 0.29) is 5.91 Å². The molecule has 0 saturated carbocycles. The highest BCUT2D eigenvalue weighted by atomic mass is 16.3. The second kappa shape index (κ2) is 5.01. The van der Waals surface area contributed by atoms with E-state index in [1.165, 1.54) is 0 Å². The van der Waals surface area contributed by atoms with Crippen LogP contribution >= 0.6 is 0 Å². The lowest BCUT2D eigenvalue weighted by Crippen LogP contribution is -2.44. The predicted molar refractivity (Wildman–Crippen MR) is 71.4 cm³/mol. The SMILES string of the molecule is O=C1CCCC(O)N1CCc1c[nH]c2ncccc12. The lowest BCUT2D eigenvalue weighted by molar-refractivity contribution is -0.146. The number of nitrogens with zero attached hydrogens (tertiary/aromatic N) is 2. The van der Waals surface area contributed by atoms with Crippen molar-refractivity contribution in [2.45, 2.75) is 31.9 Å². The molecule has 1 atom stereocenters. The molecule has 1 saturated heterocycles. The maximum Gasteiger partial charge on any atom is 0.224 e. The van der Waals surface area contributed by atoms with Crippen molar-refractivity contribution in [3.05, 3.63) is 30.1 Å². The van der Waals surface area contributed by atoms with Gasteiger partial charge in [-0.2, -0.15) is 0 Å². The molecule has 19 heavy (non-hydrogen) atoms. The molecule has 1 aliphatic rings. The summed E-state index contributed by atoms with van der Waals surface area (Å²) >= 11 is 0. The van der Waals surface area contributed by atoms with Gasteiger partial charge in [-0.05, 0) is 37.0 Å². The second-order valence-corrected chi connectivity index (χ2v) is 4.92. The van der Waals surface area contributed by atoms with Gasteiger partial charge < -0.3 is 15.0 Å². The zero-order valence-electron chi connectivity index (χ0n) is 10.7. The monoisotopic (exact) mass is 259 g/mol. The Morgan fingerprint density at radius 1 is 1.53 bits per heavy atom. The summed E-state index contributed by atoms with van der Waals surface area (Å²) in [6, 6.07) is 3.92. The average molecular weight is 259 g/mol. The molecule has 100 valence electrons. The minimum atomic E-state index is -0.621. The van der Waals surface area contributed by atoms with Crippen LogP contribution in [0, 0.1) is 0 Å². The predicted octanol–water partition coefficient (Wildman–Crippen LogP) is 1.44. The topological polar surface area (TPSA) is 69.2 Å². The number of H-pyrrole nitrogens is 1. The summed E-state index contributed by atoms with van der Waals surface area (Å²) in [6.07, 6.45) is 5.80. The van der Waals surface area contributed by atoms with Gasteiger partial charge in [0.2, 0.25) is 5.91 Å². The van der Waals surface area contributed by atoms with Crippen LogP contribution in [0.4, 0.5) is 0 Å². The highest BCUT2D eigenvalue weighted by Crippen LogP contribution is 2.20. The first kappa shape index (κ1) is 12.2. The average Bonchev–Trinajstić information content (AvgIpc) is 2.82. The number of rotatable bonds is 3. The van der Waals surface area contributed by atoms with Crippen molar-refractivity contribution in [3.63, 3.8) is 0 Å². The molecule has 1 amide bonds. The van der Waals surface area contributed by atoms with Gasteiger partial charge in [0.15, 0.2) is 0 Å². The van der Waals surface area contributed by atoms with Crippen LogP contribution in [0.3, 0.4) is 0 Å². The Morgan fingerprint density at radius 2 is 2.42 bits per heavy atom. The van der Waals surface area contributed by atoms with Gasteiger partial charge in [-0.25, -0.2) is 4.98 Å². The fourth-order valence-electron chi connectivity index (χ4n) is 2.64. The van der Waals surface area contributed by atoms with Crippen molar-refractivity contribution in [1.29, 1.82) is 0 Å². The van der Waals surface area contributed by atoms with Crippen molar-refractivity contribution in [2.24, 2.45) is 0 Å². The Labute approximate surface area is 111 Å². The van der Waals surface area contributed by atoms with Crippen LogP contribution in [0.1, 0.15) is 24.8 Å². The first-order valence-corrected chi connectivity index (χ1v) is 6.64. The highest BCUT2D eigenvalue weighted by Gasteiger charge is 2.25. The molecular formula is C14H17N3O2. The fourth-order valence-corrected chi connectivity index (χ4v) is 2.64. The largest absolute Gasteiger partial charge is 0.374 e. The number of nitrogens with one attached hydrogen (secondary N) is 1. The first-order valence-electron chi connectivity index (χ1n) is 6.64. The standard InChI is InChI=1S/C14H17N3O2/c18-12-4-1-5-13(19)17(12)8-6-10-9-16-14-11(10)3-2-7-15-14/h2-3,7,9,12,18H,1,4-6,8H2,(H,15,16). The third-order valence-corrected chi connectivity index (χ3v) is 3.69. The number of aliphatic hydroxyl groups excluding tert-OH is 1. The number of aromatic amines is 1. The van der Waals surface area contributed by atoms with Crippen molar-refractivity contribution < 1.29 is 9.90 Å². The number of likely N-dealkylation sites (tertiary alicyclic amines) is 1. The van der Waals surface area contributed by atoms with Crippen molar-refractivity contribution in [1.82, 2.24) is 14.9 Å². The normalized spacial score (nSPS) is 20.2. The van der Waals surface area contributed by atoms with E-state index in [0.717, 1.165) is 29.4 Å². The van der Waals surface area contributed by atoms with E-state index in [2.05, 4.69) is 9.97 Å². The van der Waals surface area contributed by atoms with E-state index in [1.807, 2.05) is 18.3 Å². The number of hydrogen-bond donors (Lipinski definition) is 2. The summed E-state index contributed by atoms with van der Waals surface area (Å²) < 4.78 is 0. The van der Waals surface area contributed by atoms with Crippen LogP contribution in [0.2, 0.25) is 0 Å². The summed E-state index contributed by atoms with van der Waals surface area (Å²) in [4.78, 5) is 20.7. The van der Waals surface area contributed by atoms with Gasteiger partial charge in [0.1, 0.15) is 11.9 Å². The van der Waals surface area contributed by atoms with E-state index in [0.29, 0.717) is 19.4 Å². The van der Waals surface area contributed by atoms with Crippen molar-refractivity contribution in [3.8, 4) is 0 Å². The Morgan fingerprint density at radius 3 is 3.26 bits per heavy atom. The molecule has 0 radical (unpaired) electrons. The zero-order chi connectivity index (χ0) is 13.2.